The fourth-order valence-corrected chi connectivity index (χ4v) is 4.05. The second-order valence-corrected chi connectivity index (χ2v) is 8.41. The highest BCUT2D eigenvalue weighted by molar-refractivity contribution is 5.70. The molecule has 2 aliphatic rings. The molecule has 0 saturated carbocycles. The number of ether oxygens (including phenoxy) is 1. The van der Waals surface area contributed by atoms with Gasteiger partial charge >= 0.3 is 12.1 Å². The van der Waals surface area contributed by atoms with Crippen LogP contribution in [0.3, 0.4) is 0 Å². The largest absolute Gasteiger partial charge is 0.481 e. The second kappa shape index (κ2) is 9.02. The van der Waals surface area contributed by atoms with E-state index in [2.05, 4.69) is 5.32 Å². The number of likely N-dealkylation sites (tertiary alicyclic amines) is 1. The number of piperidine rings is 2. The molecular formula is C21H29F3N2O3. The van der Waals surface area contributed by atoms with Crippen LogP contribution in [0.4, 0.5) is 13.2 Å². The van der Waals surface area contributed by atoms with Crippen LogP contribution in [0.15, 0.2) is 18.2 Å². The summed E-state index contributed by atoms with van der Waals surface area (Å²) in [5.41, 5.74) is 0.125. The molecule has 0 radical (unpaired) electrons. The number of nitrogens with zero attached hydrogens (tertiary/aromatic N) is 1. The summed E-state index contributed by atoms with van der Waals surface area (Å²) in [5, 5.41) is 12.4. The Balaban J connectivity index is 1.69. The lowest BCUT2D eigenvalue weighted by Crippen LogP contribution is -2.41. The van der Waals surface area contributed by atoms with Crippen molar-refractivity contribution in [1.82, 2.24) is 10.2 Å². The summed E-state index contributed by atoms with van der Waals surface area (Å²) in [6.45, 7) is 5.37. The number of rotatable bonds is 6. The number of hydrogen-bond donors (Lipinski definition) is 2. The number of hydrogen-bond acceptors (Lipinski definition) is 4. The normalized spacial score (nSPS) is 21.2. The van der Waals surface area contributed by atoms with Crippen molar-refractivity contribution in [2.45, 2.75) is 57.5 Å². The third-order valence-corrected chi connectivity index (χ3v) is 5.97. The SMILES string of the molecule is CC1(OCc2cc(CN3CCC(C(=O)O)CC3)cc(C(F)(F)F)c2)CCNCC1. The van der Waals surface area contributed by atoms with Crippen molar-refractivity contribution in [2.24, 2.45) is 5.92 Å². The maximum atomic E-state index is 13.4. The van der Waals surface area contributed by atoms with Crippen LogP contribution in [-0.2, 0) is 28.9 Å². The molecule has 2 aliphatic heterocycles. The number of carboxylic acid groups (broad SMARTS) is 1. The van der Waals surface area contributed by atoms with Gasteiger partial charge in [-0.3, -0.25) is 9.69 Å². The van der Waals surface area contributed by atoms with E-state index in [0.29, 0.717) is 43.6 Å². The number of carbonyl (C=O) groups is 1. The van der Waals surface area contributed by atoms with Crippen LogP contribution in [0.1, 0.15) is 49.3 Å². The molecule has 2 fully saturated rings. The Bertz CT molecular complexity index is 710. The van der Waals surface area contributed by atoms with Gasteiger partial charge in [0.2, 0.25) is 0 Å². The predicted molar refractivity (Wildman–Crippen MR) is 102 cm³/mol. The molecule has 3 rings (SSSR count). The molecule has 0 spiro atoms. The van der Waals surface area contributed by atoms with Gasteiger partial charge in [-0.2, -0.15) is 13.2 Å². The minimum absolute atomic E-state index is 0.147. The van der Waals surface area contributed by atoms with Crippen LogP contribution in [-0.4, -0.2) is 47.8 Å². The van der Waals surface area contributed by atoms with Gasteiger partial charge in [-0.05, 0) is 82.0 Å². The zero-order valence-electron chi connectivity index (χ0n) is 16.7. The smallest absolute Gasteiger partial charge is 0.416 e. The average Bonchev–Trinajstić information content (AvgIpc) is 2.67. The molecule has 0 bridgehead atoms. The molecule has 0 aliphatic carbocycles. The molecule has 2 saturated heterocycles. The molecule has 0 amide bonds. The Morgan fingerprint density at radius 2 is 1.83 bits per heavy atom. The third-order valence-electron chi connectivity index (χ3n) is 5.97. The van der Waals surface area contributed by atoms with Gasteiger partial charge in [0.1, 0.15) is 0 Å². The zero-order chi connectivity index (χ0) is 21.1. The fourth-order valence-electron chi connectivity index (χ4n) is 4.05. The summed E-state index contributed by atoms with van der Waals surface area (Å²) < 4.78 is 46.2. The summed E-state index contributed by atoms with van der Waals surface area (Å²) in [4.78, 5) is 13.1. The first-order valence-electron chi connectivity index (χ1n) is 10.1. The van der Waals surface area contributed by atoms with Gasteiger partial charge in [-0.1, -0.05) is 6.07 Å². The van der Waals surface area contributed by atoms with Crippen LogP contribution < -0.4 is 5.32 Å². The lowest BCUT2D eigenvalue weighted by Gasteiger charge is -2.34. The zero-order valence-corrected chi connectivity index (χ0v) is 16.7. The molecule has 8 heteroatoms. The van der Waals surface area contributed by atoms with Gasteiger partial charge in [-0.15, -0.1) is 0 Å². The third kappa shape index (κ3) is 6.17. The highest BCUT2D eigenvalue weighted by Crippen LogP contribution is 2.32. The van der Waals surface area contributed by atoms with Crippen molar-refractivity contribution < 1.29 is 27.8 Å². The summed E-state index contributed by atoms with van der Waals surface area (Å²) >= 11 is 0. The van der Waals surface area contributed by atoms with Gasteiger partial charge in [0.25, 0.3) is 0 Å². The Kier molecular flexibility index (Phi) is 6.86. The first kappa shape index (κ1) is 22.1. The Morgan fingerprint density at radius 3 is 2.41 bits per heavy atom. The van der Waals surface area contributed by atoms with E-state index in [4.69, 9.17) is 9.84 Å². The lowest BCUT2D eigenvalue weighted by molar-refractivity contribution is -0.143. The fraction of sp³-hybridized carbons (Fsp3) is 0.667. The van der Waals surface area contributed by atoms with E-state index >= 15 is 0 Å². The van der Waals surface area contributed by atoms with E-state index < -0.39 is 17.7 Å². The van der Waals surface area contributed by atoms with Crippen molar-refractivity contribution >= 4 is 5.97 Å². The van der Waals surface area contributed by atoms with E-state index in [-0.39, 0.29) is 18.1 Å². The number of alkyl halides is 3. The van der Waals surface area contributed by atoms with Crippen LogP contribution >= 0.6 is 0 Å². The van der Waals surface area contributed by atoms with Crippen molar-refractivity contribution in [3.63, 3.8) is 0 Å². The standard InChI is InChI=1S/C21H29F3N2O3/c1-20(4-6-25-7-5-20)29-14-16-10-15(11-18(12-16)21(22,23)24)13-26-8-2-17(3-9-26)19(27)28/h10-12,17,25H,2-9,13-14H2,1H3,(H,27,28). The van der Waals surface area contributed by atoms with E-state index in [1.807, 2.05) is 11.8 Å². The van der Waals surface area contributed by atoms with Gasteiger partial charge in [0.05, 0.1) is 23.7 Å². The molecule has 0 aromatic heterocycles. The van der Waals surface area contributed by atoms with Crippen LogP contribution in [0.5, 0.6) is 0 Å². The number of carboxylic acids is 1. The van der Waals surface area contributed by atoms with Crippen molar-refractivity contribution in [1.29, 1.82) is 0 Å². The molecule has 0 atom stereocenters. The van der Waals surface area contributed by atoms with Gasteiger partial charge in [0.15, 0.2) is 0 Å². The van der Waals surface area contributed by atoms with Gasteiger partial charge < -0.3 is 15.2 Å². The minimum Gasteiger partial charge on any atom is -0.481 e. The highest BCUT2D eigenvalue weighted by atomic mass is 19.4. The monoisotopic (exact) mass is 414 g/mol. The molecule has 162 valence electrons. The van der Waals surface area contributed by atoms with Crippen molar-refractivity contribution in [3.05, 3.63) is 34.9 Å². The maximum Gasteiger partial charge on any atom is 0.416 e. The number of aliphatic carboxylic acids is 1. The lowest BCUT2D eigenvalue weighted by atomic mass is 9.94. The summed E-state index contributed by atoms with van der Waals surface area (Å²) in [6.07, 6.45) is -1.71. The summed E-state index contributed by atoms with van der Waals surface area (Å²) in [5.74, 6) is -1.16. The number of benzene rings is 1. The van der Waals surface area contributed by atoms with Crippen LogP contribution in [0.25, 0.3) is 0 Å². The summed E-state index contributed by atoms with van der Waals surface area (Å²) in [7, 11) is 0. The molecule has 0 unspecified atom stereocenters. The van der Waals surface area contributed by atoms with Gasteiger partial charge in [0, 0.05) is 6.54 Å². The topological polar surface area (TPSA) is 61.8 Å². The van der Waals surface area contributed by atoms with Crippen molar-refractivity contribution in [3.8, 4) is 0 Å². The van der Waals surface area contributed by atoms with Crippen LogP contribution in [0, 0.1) is 5.92 Å². The highest BCUT2D eigenvalue weighted by Gasteiger charge is 2.32. The van der Waals surface area contributed by atoms with E-state index in [1.165, 1.54) is 12.1 Å². The van der Waals surface area contributed by atoms with Gasteiger partial charge in [-0.25, -0.2) is 0 Å². The molecule has 1 aromatic carbocycles. The average molecular weight is 414 g/mol. The molecular weight excluding hydrogens is 385 g/mol. The van der Waals surface area contributed by atoms with Crippen molar-refractivity contribution in [2.75, 3.05) is 26.2 Å². The summed E-state index contributed by atoms with van der Waals surface area (Å²) in [6, 6.07) is 4.15. The molecule has 2 N–H and O–H groups in total. The predicted octanol–water partition coefficient (Wildman–Crippen LogP) is 3.66. The molecule has 1 aromatic rings. The van der Waals surface area contributed by atoms with Crippen LogP contribution in [0.2, 0.25) is 0 Å². The minimum atomic E-state index is -4.42. The number of nitrogens with one attached hydrogen (secondary N) is 1. The number of halogens is 3. The molecule has 29 heavy (non-hydrogen) atoms. The second-order valence-electron chi connectivity index (χ2n) is 8.41. The molecule has 5 nitrogen and oxygen atoms in total. The first-order valence-corrected chi connectivity index (χ1v) is 10.1. The Hall–Kier alpha value is -1.64. The molecule has 2 heterocycles. The van der Waals surface area contributed by atoms with E-state index in [9.17, 15) is 18.0 Å². The Morgan fingerprint density at radius 1 is 1.21 bits per heavy atom. The first-order chi connectivity index (χ1) is 13.6. The van der Waals surface area contributed by atoms with E-state index in [0.717, 1.165) is 25.9 Å². The van der Waals surface area contributed by atoms with E-state index in [1.54, 1.807) is 6.07 Å². The Labute approximate surface area is 169 Å². The maximum absolute atomic E-state index is 13.4. The quantitative estimate of drug-likeness (QED) is 0.744.